The number of hydrogen-bond donors (Lipinski definition) is 0. The third-order valence-electron chi connectivity index (χ3n) is 7.57. The molecule has 0 radical (unpaired) electrons. The van der Waals surface area contributed by atoms with E-state index in [1.165, 1.54) is 12.5 Å². The van der Waals surface area contributed by atoms with Crippen LogP contribution in [0.4, 0.5) is 0 Å². The molecule has 36 heavy (non-hydrogen) atoms. The Morgan fingerprint density at radius 3 is 2.72 bits per heavy atom. The molecule has 2 aliphatic heterocycles. The molecule has 7 nitrogen and oxygen atoms in total. The Kier molecular flexibility index (Phi) is 5.74. The van der Waals surface area contributed by atoms with Gasteiger partial charge in [-0.15, -0.1) is 12.3 Å². The third-order valence-corrected chi connectivity index (χ3v) is 10.2. The van der Waals surface area contributed by atoms with E-state index >= 15 is 0 Å². The zero-order valence-corrected chi connectivity index (χ0v) is 22.1. The summed E-state index contributed by atoms with van der Waals surface area (Å²) >= 11 is 0. The average Bonchev–Trinajstić information content (AvgIpc) is 3.22. The van der Waals surface area contributed by atoms with Gasteiger partial charge in [0.15, 0.2) is 0 Å². The van der Waals surface area contributed by atoms with Crippen LogP contribution in [-0.4, -0.2) is 29.6 Å². The molecule has 0 bridgehead atoms. The predicted molar refractivity (Wildman–Crippen MR) is 140 cm³/mol. The minimum Gasteiger partial charge on any atom is -0.457 e. The van der Waals surface area contributed by atoms with Crippen LogP contribution in [0.3, 0.4) is 0 Å². The first kappa shape index (κ1) is 24.2. The maximum Gasteiger partial charge on any atom is 0.355 e. The summed E-state index contributed by atoms with van der Waals surface area (Å²) in [7, 11) is -1.57. The van der Waals surface area contributed by atoms with E-state index in [-0.39, 0.29) is 18.6 Å². The number of carbonyl (C=O) groups excluding carboxylic acids is 2. The number of esters is 2. The summed E-state index contributed by atoms with van der Waals surface area (Å²) in [6.45, 7) is 11.9. The van der Waals surface area contributed by atoms with Crippen molar-refractivity contribution >= 4 is 30.9 Å². The van der Waals surface area contributed by atoms with Gasteiger partial charge < -0.3 is 14.0 Å². The monoisotopic (exact) mass is 502 g/mol. The molecule has 8 heteroatoms. The van der Waals surface area contributed by atoms with Gasteiger partial charge in [-0.3, -0.25) is 9.59 Å². The molecule has 2 aliphatic rings. The SMILES string of the molecule is C=C[Si](C)(C)CCc1c2c(nc3ccccc13)-c1cc3c(c(=O)n1C2)COC(=O)[C@]3(CC)OC(C)=O. The van der Waals surface area contributed by atoms with E-state index in [9.17, 15) is 14.4 Å². The summed E-state index contributed by atoms with van der Waals surface area (Å²) in [5, 5.41) is 1.09. The molecule has 0 saturated heterocycles. The smallest absolute Gasteiger partial charge is 0.355 e. The number of carbonyl (C=O) groups is 2. The first-order valence-electron chi connectivity index (χ1n) is 12.3. The van der Waals surface area contributed by atoms with Crippen LogP contribution in [-0.2, 0) is 44.2 Å². The minimum atomic E-state index is -1.64. The van der Waals surface area contributed by atoms with Crippen LogP contribution in [0.15, 0.2) is 47.4 Å². The van der Waals surface area contributed by atoms with Crippen molar-refractivity contribution in [2.45, 2.75) is 64.6 Å². The number of aryl methyl sites for hydroxylation is 1. The highest BCUT2D eigenvalue weighted by Crippen LogP contribution is 2.42. The van der Waals surface area contributed by atoms with Gasteiger partial charge in [0.25, 0.3) is 5.56 Å². The molecule has 5 rings (SSSR count). The summed E-state index contributed by atoms with van der Waals surface area (Å²) in [6.07, 6.45) is 1.03. The van der Waals surface area contributed by atoms with E-state index in [0.717, 1.165) is 34.6 Å². The second-order valence-electron chi connectivity index (χ2n) is 10.3. The van der Waals surface area contributed by atoms with Gasteiger partial charge in [-0.25, -0.2) is 9.78 Å². The molecule has 3 aromatic rings. The van der Waals surface area contributed by atoms with Crippen LogP contribution in [0.2, 0.25) is 19.1 Å². The van der Waals surface area contributed by atoms with Crippen LogP contribution in [0.1, 0.15) is 42.5 Å². The summed E-state index contributed by atoms with van der Waals surface area (Å²) < 4.78 is 12.6. The lowest BCUT2D eigenvalue weighted by molar-refractivity contribution is -0.188. The molecule has 0 aliphatic carbocycles. The Morgan fingerprint density at radius 1 is 1.28 bits per heavy atom. The third kappa shape index (κ3) is 3.62. The van der Waals surface area contributed by atoms with Crippen molar-refractivity contribution < 1.29 is 19.1 Å². The van der Waals surface area contributed by atoms with Crippen molar-refractivity contribution in [1.82, 2.24) is 9.55 Å². The lowest BCUT2D eigenvalue weighted by Gasteiger charge is -2.35. The molecule has 4 heterocycles. The summed E-state index contributed by atoms with van der Waals surface area (Å²) in [4.78, 5) is 43.6. The predicted octanol–water partition coefficient (Wildman–Crippen LogP) is 4.63. The first-order chi connectivity index (χ1) is 17.1. The molecule has 0 fully saturated rings. The fraction of sp³-hybridized carbons (Fsp3) is 0.357. The van der Waals surface area contributed by atoms with Gasteiger partial charge in [0.1, 0.15) is 6.61 Å². The van der Waals surface area contributed by atoms with Crippen LogP contribution in [0.5, 0.6) is 0 Å². The number of fused-ring (bicyclic) bond motifs is 5. The zero-order valence-electron chi connectivity index (χ0n) is 21.1. The number of hydrogen-bond acceptors (Lipinski definition) is 6. The minimum absolute atomic E-state index is 0.145. The standard InChI is InChI=1S/C28H30N2O5Si/c1-6-28(35-17(3)31)22-14-24-25-20(15-30(24)26(32)21(22)16-34-27(28)33)18(12-13-36(4,5)7-2)19-10-8-9-11-23(19)29-25/h7-11,14H,2,6,12-13,15-16H2,1,3-5H3/t28-/m1/s1. The zero-order chi connectivity index (χ0) is 25.8. The van der Waals surface area contributed by atoms with Crippen LogP contribution in [0.25, 0.3) is 22.3 Å². The van der Waals surface area contributed by atoms with E-state index in [4.69, 9.17) is 14.5 Å². The van der Waals surface area contributed by atoms with Crippen molar-refractivity contribution in [2.75, 3.05) is 0 Å². The van der Waals surface area contributed by atoms with E-state index in [1.807, 2.05) is 24.3 Å². The molecule has 2 aromatic heterocycles. The average molecular weight is 503 g/mol. The molecule has 1 atom stereocenters. The number of nitrogens with zero attached hydrogens (tertiary/aromatic N) is 2. The van der Waals surface area contributed by atoms with Gasteiger partial charge >= 0.3 is 11.9 Å². The van der Waals surface area contributed by atoms with Crippen molar-refractivity contribution in [3.05, 3.63) is 75.2 Å². The van der Waals surface area contributed by atoms with E-state index in [1.54, 1.807) is 11.5 Å². The quantitative estimate of drug-likeness (QED) is 0.282. The maximum atomic E-state index is 13.7. The Labute approximate surface area is 210 Å². The van der Waals surface area contributed by atoms with Gasteiger partial charge in [0, 0.05) is 23.4 Å². The van der Waals surface area contributed by atoms with Crippen molar-refractivity contribution in [1.29, 1.82) is 0 Å². The highest BCUT2D eigenvalue weighted by Gasteiger charge is 2.50. The topological polar surface area (TPSA) is 87.5 Å². The molecular weight excluding hydrogens is 472 g/mol. The lowest BCUT2D eigenvalue weighted by Crippen LogP contribution is -2.47. The van der Waals surface area contributed by atoms with Crippen molar-refractivity contribution in [2.24, 2.45) is 0 Å². The fourth-order valence-corrected chi connectivity index (χ4v) is 6.45. The molecule has 0 saturated carbocycles. The van der Waals surface area contributed by atoms with Gasteiger partial charge in [-0.05, 0) is 30.5 Å². The van der Waals surface area contributed by atoms with Gasteiger partial charge in [-0.2, -0.15) is 0 Å². The normalized spacial score (nSPS) is 18.3. The van der Waals surface area contributed by atoms with E-state index in [2.05, 4.69) is 31.4 Å². The number of aromatic nitrogens is 2. The van der Waals surface area contributed by atoms with Crippen LogP contribution in [0, 0.1) is 0 Å². The molecular formula is C28H30N2O5Si. The number of benzene rings is 1. The van der Waals surface area contributed by atoms with Gasteiger partial charge in [0.05, 0.1) is 37.1 Å². The Hall–Kier alpha value is -3.52. The van der Waals surface area contributed by atoms with Gasteiger partial charge in [0.2, 0.25) is 5.60 Å². The molecule has 0 unspecified atom stereocenters. The summed E-state index contributed by atoms with van der Waals surface area (Å²) in [5.41, 5.74) is 5.46. The number of rotatable bonds is 6. The van der Waals surface area contributed by atoms with Crippen LogP contribution >= 0.6 is 0 Å². The highest BCUT2D eigenvalue weighted by molar-refractivity contribution is 6.82. The Bertz CT molecular complexity index is 1510. The first-order valence-corrected chi connectivity index (χ1v) is 15.6. The molecule has 1 aromatic carbocycles. The van der Waals surface area contributed by atoms with Crippen molar-refractivity contribution in [3.63, 3.8) is 0 Å². The number of pyridine rings is 2. The van der Waals surface area contributed by atoms with Crippen LogP contribution < -0.4 is 5.56 Å². The summed E-state index contributed by atoms with van der Waals surface area (Å²) in [6, 6.07) is 10.9. The highest BCUT2D eigenvalue weighted by atomic mass is 28.3. The Morgan fingerprint density at radius 2 is 2.03 bits per heavy atom. The number of para-hydroxylation sites is 1. The second kappa shape index (κ2) is 8.55. The number of cyclic esters (lactones) is 1. The lowest BCUT2D eigenvalue weighted by atomic mass is 9.85. The van der Waals surface area contributed by atoms with E-state index in [0.29, 0.717) is 23.4 Å². The molecule has 0 N–H and O–H groups in total. The summed E-state index contributed by atoms with van der Waals surface area (Å²) in [5.74, 6) is -1.26. The number of ether oxygens (including phenoxy) is 2. The molecule has 186 valence electrons. The fourth-order valence-electron chi connectivity index (χ4n) is 5.35. The molecule has 0 spiro atoms. The Balaban J connectivity index is 1.75. The van der Waals surface area contributed by atoms with Gasteiger partial charge in [-0.1, -0.05) is 44.3 Å². The largest absolute Gasteiger partial charge is 0.457 e. The second-order valence-corrected chi connectivity index (χ2v) is 15.2. The molecule has 0 amide bonds. The maximum absolute atomic E-state index is 13.7. The van der Waals surface area contributed by atoms with E-state index < -0.39 is 25.6 Å². The van der Waals surface area contributed by atoms with Crippen molar-refractivity contribution in [3.8, 4) is 11.4 Å².